The highest BCUT2D eigenvalue weighted by Crippen LogP contribution is 2.20. The fourth-order valence-corrected chi connectivity index (χ4v) is 1.72. The van der Waals surface area contributed by atoms with E-state index >= 15 is 0 Å². The van der Waals surface area contributed by atoms with Crippen molar-refractivity contribution in [1.29, 1.82) is 0 Å². The highest BCUT2D eigenvalue weighted by Gasteiger charge is 2.19. The minimum atomic E-state index is -0.990. The summed E-state index contributed by atoms with van der Waals surface area (Å²) in [5, 5.41) is 8.08. The van der Waals surface area contributed by atoms with Crippen LogP contribution >= 0.6 is 15.9 Å². The number of H-pyrrole nitrogens is 1. The number of aromatic amines is 1. The molecule has 1 heterocycles. The summed E-state index contributed by atoms with van der Waals surface area (Å²) in [6.45, 7) is 0. The van der Waals surface area contributed by atoms with Crippen LogP contribution in [0, 0.1) is 11.6 Å². The maximum absolute atomic E-state index is 13.5. The fourth-order valence-electron chi connectivity index (χ4n) is 1.32. The van der Waals surface area contributed by atoms with Gasteiger partial charge in [0.1, 0.15) is 17.2 Å². The molecule has 0 aliphatic rings. The van der Waals surface area contributed by atoms with Crippen molar-refractivity contribution in [2.45, 2.75) is 0 Å². The number of amides is 1. The summed E-state index contributed by atoms with van der Waals surface area (Å²) in [5.74, 6) is -3.04. The van der Waals surface area contributed by atoms with E-state index in [1.54, 1.807) is 0 Å². The number of nitrogens with zero attached hydrogens (tertiary/aromatic N) is 2. The van der Waals surface area contributed by atoms with E-state index in [0.717, 1.165) is 12.1 Å². The monoisotopic (exact) mass is 332 g/mol. The van der Waals surface area contributed by atoms with Crippen LogP contribution in [0.4, 0.5) is 14.7 Å². The smallest absolute Gasteiger partial charge is 0.336 e. The SMILES string of the molecule is COc1n[nH]c(NC(=O)c2c(F)cc(Br)cc2F)n1. The van der Waals surface area contributed by atoms with Crippen molar-refractivity contribution in [3.05, 3.63) is 33.8 Å². The van der Waals surface area contributed by atoms with Crippen LogP contribution < -0.4 is 10.1 Å². The first-order chi connectivity index (χ1) is 9.01. The van der Waals surface area contributed by atoms with Gasteiger partial charge >= 0.3 is 6.01 Å². The lowest BCUT2D eigenvalue weighted by Crippen LogP contribution is -2.16. The molecular formula is C10H7BrF2N4O2. The van der Waals surface area contributed by atoms with Gasteiger partial charge in [0.25, 0.3) is 5.91 Å². The van der Waals surface area contributed by atoms with Crippen LogP contribution in [0.25, 0.3) is 0 Å². The Kier molecular flexibility index (Phi) is 3.74. The minimum Gasteiger partial charge on any atom is -0.466 e. The lowest BCUT2D eigenvalue weighted by Gasteiger charge is -2.05. The number of benzene rings is 1. The van der Waals surface area contributed by atoms with Crippen LogP contribution in [0.3, 0.4) is 0 Å². The first kappa shape index (κ1) is 13.4. The summed E-state index contributed by atoms with van der Waals surface area (Å²) in [7, 11) is 1.34. The predicted octanol–water partition coefficient (Wildman–Crippen LogP) is 2.11. The third kappa shape index (κ3) is 2.87. The molecule has 0 radical (unpaired) electrons. The number of carbonyl (C=O) groups is 1. The molecule has 0 unspecified atom stereocenters. The maximum Gasteiger partial charge on any atom is 0.336 e. The number of hydrogen-bond donors (Lipinski definition) is 2. The Morgan fingerprint density at radius 1 is 1.42 bits per heavy atom. The van der Waals surface area contributed by atoms with Gasteiger partial charge in [-0.15, -0.1) is 5.10 Å². The Morgan fingerprint density at radius 3 is 2.58 bits per heavy atom. The molecule has 0 fully saturated rings. The van der Waals surface area contributed by atoms with E-state index in [0.29, 0.717) is 0 Å². The van der Waals surface area contributed by atoms with Gasteiger partial charge in [-0.25, -0.2) is 13.9 Å². The Balaban J connectivity index is 2.25. The number of aromatic nitrogens is 3. The van der Waals surface area contributed by atoms with Crippen molar-refractivity contribution < 1.29 is 18.3 Å². The quantitative estimate of drug-likeness (QED) is 0.902. The number of halogens is 3. The second kappa shape index (κ2) is 5.31. The Morgan fingerprint density at radius 2 is 2.05 bits per heavy atom. The number of ether oxygens (including phenoxy) is 1. The van der Waals surface area contributed by atoms with E-state index in [4.69, 9.17) is 0 Å². The van der Waals surface area contributed by atoms with Crippen molar-refractivity contribution in [2.75, 3.05) is 12.4 Å². The molecule has 0 aliphatic heterocycles. The van der Waals surface area contributed by atoms with Gasteiger partial charge in [0.2, 0.25) is 5.95 Å². The van der Waals surface area contributed by atoms with Crippen LogP contribution in [-0.4, -0.2) is 28.2 Å². The number of nitrogens with one attached hydrogen (secondary N) is 2. The summed E-state index contributed by atoms with van der Waals surface area (Å²) >= 11 is 2.92. The molecule has 0 spiro atoms. The van der Waals surface area contributed by atoms with Crippen molar-refractivity contribution in [3.8, 4) is 6.01 Å². The van der Waals surface area contributed by atoms with E-state index in [1.165, 1.54) is 7.11 Å². The maximum atomic E-state index is 13.5. The van der Waals surface area contributed by atoms with E-state index in [-0.39, 0.29) is 16.4 Å². The fraction of sp³-hybridized carbons (Fsp3) is 0.100. The topological polar surface area (TPSA) is 79.9 Å². The molecule has 0 saturated carbocycles. The second-order valence-electron chi connectivity index (χ2n) is 3.37. The zero-order valence-corrected chi connectivity index (χ0v) is 11.1. The molecule has 1 aromatic carbocycles. The molecule has 1 amide bonds. The number of rotatable bonds is 3. The lowest BCUT2D eigenvalue weighted by atomic mass is 10.2. The van der Waals surface area contributed by atoms with Gasteiger partial charge in [-0.2, -0.15) is 4.98 Å². The largest absolute Gasteiger partial charge is 0.466 e. The summed E-state index contributed by atoms with van der Waals surface area (Å²) in [5.41, 5.74) is -0.710. The number of methoxy groups -OCH3 is 1. The van der Waals surface area contributed by atoms with Gasteiger partial charge in [-0.1, -0.05) is 15.9 Å². The van der Waals surface area contributed by atoms with Gasteiger partial charge in [-0.05, 0) is 12.1 Å². The zero-order valence-electron chi connectivity index (χ0n) is 9.50. The third-order valence-corrected chi connectivity index (χ3v) is 2.57. The van der Waals surface area contributed by atoms with Crippen LogP contribution in [0.5, 0.6) is 6.01 Å². The molecule has 0 aliphatic carbocycles. The third-order valence-electron chi connectivity index (χ3n) is 2.11. The van der Waals surface area contributed by atoms with Crippen molar-refractivity contribution in [1.82, 2.24) is 15.2 Å². The van der Waals surface area contributed by atoms with Gasteiger partial charge in [0.15, 0.2) is 0 Å². The van der Waals surface area contributed by atoms with Crippen molar-refractivity contribution >= 4 is 27.8 Å². The van der Waals surface area contributed by atoms with Crippen molar-refractivity contribution in [2.24, 2.45) is 0 Å². The highest BCUT2D eigenvalue weighted by atomic mass is 79.9. The molecule has 19 heavy (non-hydrogen) atoms. The van der Waals surface area contributed by atoms with Crippen molar-refractivity contribution in [3.63, 3.8) is 0 Å². The van der Waals surface area contributed by atoms with E-state index in [9.17, 15) is 13.6 Å². The standard InChI is InChI=1S/C10H7BrF2N4O2/c1-19-10-15-9(16-17-10)14-8(18)7-5(12)2-4(11)3-6(7)13/h2-3H,1H3,(H2,14,15,16,17,18). The summed E-state index contributed by atoms with van der Waals surface area (Å²) in [4.78, 5) is 15.4. The van der Waals surface area contributed by atoms with Gasteiger partial charge < -0.3 is 4.74 Å². The zero-order chi connectivity index (χ0) is 14.0. The van der Waals surface area contributed by atoms with Crippen LogP contribution in [-0.2, 0) is 0 Å². The highest BCUT2D eigenvalue weighted by molar-refractivity contribution is 9.10. The molecule has 1 aromatic heterocycles. The molecule has 2 aromatic rings. The molecule has 2 rings (SSSR count). The number of anilines is 1. The average Bonchev–Trinajstić information content (AvgIpc) is 2.75. The van der Waals surface area contributed by atoms with Crippen LogP contribution in [0.15, 0.2) is 16.6 Å². The Hall–Kier alpha value is -2.03. The summed E-state index contributed by atoms with van der Waals surface area (Å²) in [6, 6.07) is 1.96. The number of hydrogen-bond acceptors (Lipinski definition) is 4. The van der Waals surface area contributed by atoms with Crippen LogP contribution in [0.1, 0.15) is 10.4 Å². The van der Waals surface area contributed by atoms with E-state index in [2.05, 4.69) is 41.2 Å². The minimum absolute atomic E-state index is 0.00736. The van der Waals surface area contributed by atoms with Gasteiger partial charge in [-0.3, -0.25) is 10.1 Å². The second-order valence-corrected chi connectivity index (χ2v) is 4.28. The van der Waals surface area contributed by atoms with Gasteiger partial charge in [0.05, 0.1) is 7.11 Å². The molecule has 0 atom stereocenters. The molecular weight excluding hydrogens is 326 g/mol. The normalized spacial score (nSPS) is 10.3. The molecule has 9 heteroatoms. The lowest BCUT2D eigenvalue weighted by molar-refractivity contribution is 0.101. The van der Waals surface area contributed by atoms with Gasteiger partial charge in [0, 0.05) is 4.47 Å². The molecule has 0 bridgehead atoms. The first-order valence-corrected chi connectivity index (χ1v) is 5.73. The Labute approximate surface area is 114 Å². The Bertz CT molecular complexity index is 609. The molecule has 2 N–H and O–H groups in total. The van der Waals surface area contributed by atoms with Crippen LogP contribution in [0.2, 0.25) is 0 Å². The molecule has 6 nitrogen and oxygen atoms in total. The number of carbonyl (C=O) groups excluding carboxylic acids is 1. The summed E-state index contributed by atoms with van der Waals surface area (Å²) < 4.78 is 31.9. The van der Waals surface area contributed by atoms with E-state index < -0.39 is 23.1 Å². The average molecular weight is 333 g/mol. The first-order valence-electron chi connectivity index (χ1n) is 4.93. The summed E-state index contributed by atoms with van der Waals surface area (Å²) in [6.07, 6.45) is 0. The molecule has 100 valence electrons. The predicted molar refractivity (Wildman–Crippen MR) is 64.9 cm³/mol. The molecule has 0 saturated heterocycles. The van der Waals surface area contributed by atoms with E-state index in [1.807, 2.05) is 0 Å².